The molecule has 21 heavy (non-hydrogen) atoms. The highest BCUT2D eigenvalue weighted by Crippen LogP contribution is 2.27. The van der Waals surface area contributed by atoms with Crippen molar-refractivity contribution in [3.8, 4) is 0 Å². The quantitative estimate of drug-likeness (QED) is 0.910. The topological polar surface area (TPSA) is 50.4 Å². The number of nitrogens with one attached hydrogen (secondary N) is 2. The van der Waals surface area contributed by atoms with Crippen molar-refractivity contribution in [2.75, 3.05) is 19.0 Å². The summed E-state index contributed by atoms with van der Waals surface area (Å²) in [5.74, 6) is -0.0760. The van der Waals surface area contributed by atoms with Crippen LogP contribution in [0.3, 0.4) is 0 Å². The molecule has 3 rings (SSSR count). The Kier molecular flexibility index (Phi) is 3.88. The van der Waals surface area contributed by atoms with Gasteiger partial charge in [-0.25, -0.2) is 0 Å². The molecular weight excluding hydrogens is 264 g/mol. The number of benzene rings is 2. The third-order valence-corrected chi connectivity index (χ3v) is 3.69. The summed E-state index contributed by atoms with van der Waals surface area (Å²) in [6, 6.07) is 15.9. The van der Waals surface area contributed by atoms with Crippen LogP contribution in [-0.4, -0.2) is 19.6 Å². The molecule has 0 aromatic heterocycles. The van der Waals surface area contributed by atoms with Gasteiger partial charge in [-0.2, -0.15) is 0 Å². The van der Waals surface area contributed by atoms with E-state index >= 15 is 0 Å². The Morgan fingerprint density at radius 1 is 1.14 bits per heavy atom. The number of fused-ring (bicyclic) bond motifs is 1. The van der Waals surface area contributed by atoms with Crippen LogP contribution >= 0.6 is 0 Å². The average molecular weight is 282 g/mol. The standard InChI is InChI=1S/C17H18N2O2/c1-18-17(20)12-6-8-14(9-7-12)19-16-11-21-10-13-4-2-3-5-15(13)16/h2-9,16,19H,10-11H2,1H3,(H,18,20). The molecule has 4 nitrogen and oxygen atoms in total. The molecule has 4 heteroatoms. The minimum Gasteiger partial charge on any atom is -0.376 e. The number of amides is 1. The molecule has 108 valence electrons. The molecule has 1 atom stereocenters. The molecular formula is C17H18N2O2. The van der Waals surface area contributed by atoms with Gasteiger partial charge in [0, 0.05) is 18.3 Å². The Morgan fingerprint density at radius 3 is 2.67 bits per heavy atom. The van der Waals surface area contributed by atoms with Gasteiger partial charge in [0.1, 0.15) is 0 Å². The lowest BCUT2D eigenvalue weighted by Gasteiger charge is -2.27. The SMILES string of the molecule is CNC(=O)c1ccc(NC2COCc3ccccc32)cc1. The van der Waals surface area contributed by atoms with E-state index in [-0.39, 0.29) is 11.9 Å². The first kappa shape index (κ1) is 13.6. The number of hydrogen-bond donors (Lipinski definition) is 2. The van der Waals surface area contributed by atoms with Crippen LogP contribution in [0.1, 0.15) is 27.5 Å². The number of carbonyl (C=O) groups is 1. The van der Waals surface area contributed by atoms with Crippen molar-refractivity contribution in [2.24, 2.45) is 0 Å². The molecule has 0 aliphatic carbocycles. The molecule has 0 fully saturated rings. The maximum Gasteiger partial charge on any atom is 0.251 e. The number of ether oxygens (including phenoxy) is 1. The van der Waals surface area contributed by atoms with Crippen molar-refractivity contribution in [3.63, 3.8) is 0 Å². The molecule has 2 aromatic rings. The molecule has 1 heterocycles. The summed E-state index contributed by atoms with van der Waals surface area (Å²) < 4.78 is 5.63. The Hall–Kier alpha value is -2.33. The Labute approximate surface area is 124 Å². The van der Waals surface area contributed by atoms with Crippen LogP contribution < -0.4 is 10.6 Å². The fourth-order valence-corrected chi connectivity index (χ4v) is 2.56. The van der Waals surface area contributed by atoms with Crippen molar-refractivity contribution in [3.05, 3.63) is 65.2 Å². The van der Waals surface area contributed by atoms with Gasteiger partial charge >= 0.3 is 0 Å². The van der Waals surface area contributed by atoms with E-state index in [0.29, 0.717) is 18.8 Å². The smallest absolute Gasteiger partial charge is 0.251 e. The summed E-state index contributed by atoms with van der Waals surface area (Å²) in [4.78, 5) is 11.5. The van der Waals surface area contributed by atoms with E-state index in [4.69, 9.17) is 4.74 Å². The number of hydrogen-bond acceptors (Lipinski definition) is 3. The van der Waals surface area contributed by atoms with Gasteiger partial charge in [-0.15, -0.1) is 0 Å². The van der Waals surface area contributed by atoms with Gasteiger partial charge in [-0.05, 0) is 35.4 Å². The predicted molar refractivity (Wildman–Crippen MR) is 82.3 cm³/mol. The highest BCUT2D eigenvalue weighted by atomic mass is 16.5. The minimum atomic E-state index is -0.0760. The van der Waals surface area contributed by atoms with Crippen LogP contribution in [0.4, 0.5) is 5.69 Å². The molecule has 0 radical (unpaired) electrons. The van der Waals surface area contributed by atoms with E-state index < -0.39 is 0 Å². The van der Waals surface area contributed by atoms with Gasteiger partial charge in [0.2, 0.25) is 0 Å². The van der Waals surface area contributed by atoms with Crippen LogP contribution in [0.15, 0.2) is 48.5 Å². The van der Waals surface area contributed by atoms with E-state index in [9.17, 15) is 4.79 Å². The van der Waals surface area contributed by atoms with Gasteiger partial charge < -0.3 is 15.4 Å². The molecule has 0 bridgehead atoms. The van der Waals surface area contributed by atoms with Crippen molar-refractivity contribution >= 4 is 11.6 Å². The van der Waals surface area contributed by atoms with Crippen LogP contribution in [-0.2, 0) is 11.3 Å². The lowest BCUT2D eigenvalue weighted by atomic mass is 9.99. The van der Waals surface area contributed by atoms with Gasteiger partial charge in [0.25, 0.3) is 5.91 Å². The van der Waals surface area contributed by atoms with Gasteiger partial charge in [-0.1, -0.05) is 24.3 Å². The number of rotatable bonds is 3. The molecule has 2 aromatic carbocycles. The average Bonchev–Trinajstić information content (AvgIpc) is 2.55. The second-order valence-electron chi connectivity index (χ2n) is 5.07. The van der Waals surface area contributed by atoms with Crippen molar-refractivity contribution in [1.82, 2.24) is 5.32 Å². The second kappa shape index (κ2) is 5.97. The summed E-state index contributed by atoms with van der Waals surface area (Å²) >= 11 is 0. The van der Waals surface area contributed by atoms with Crippen molar-refractivity contribution in [2.45, 2.75) is 12.6 Å². The Balaban J connectivity index is 1.77. The molecule has 1 aliphatic rings. The normalized spacial score (nSPS) is 16.9. The molecule has 0 saturated carbocycles. The Bertz CT molecular complexity index is 637. The molecule has 1 aliphatic heterocycles. The van der Waals surface area contributed by atoms with Gasteiger partial charge in [-0.3, -0.25) is 4.79 Å². The van der Waals surface area contributed by atoms with E-state index in [0.717, 1.165) is 5.69 Å². The summed E-state index contributed by atoms with van der Waals surface area (Å²) in [5.41, 5.74) is 4.14. The van der Waals surface area contributed by atoms with E-state index in [1.807, 2.05) is 36.4 Å². The fraction of sp³-hybridized carbons (Fsp3) is 0.235. The zero-order valence-electron chi connectivity index (χ0n) is 11.9. The summed E-state index contributed by atoms with van der Waals surface area (Å²) in [7, 11) is 1.63. The number of carbonyl (C=O) groups excluding carboxylic acids is 1. The third-order valence-electron chi connectivity index (χ3n) is 3.69. The maximum atomic E-state index is 11.5. The molecule has 1 amide bonds. The second-order valence-corrected chi connectivity index (χ2v) is 5.07. The molecule has 2 N–H and O–H groups in total. The first-order chi connectivity index (χ1) is 10.3. The van der Waals surface area contributed by atoms with Crippen molar-refractivity contribution in [1.29, 1.82) is 0 Å². The molecule has 0 spiro atoms. The minimum absolute atomic E-state index is 0.0760. The van der Waals surface area contributed by atoms with Gasteiger partial charge in [0.05, 0.1) is 19.3 Å². The maximum absolute atomic E-state index is 11.5. The summed E-state index contributed by atoms with van der Waals surface area (Å²) in [6.45, 7) is 1.32. The highest BCUT2D eigenvalue weighted by molar-refractivity contribution is 5.94. The van der Waals surface area contributed by atoms with Crippen molar-refractivity contribution < 1.29 is 9.53 Å². The first-order valence-corrected chi connectivity index (χ1v) is 7.02. The van der Waals surface area contributed by atoms with E-state index in [2.05, 4.69) is 22.8 Å². The Morgan fingerprint density at radius 2 is 1.90 bits per heavy atom. The van der Waals surface area contributed by atoms with Crippen LogP contribution in [0.25, 0.3) is 0 Å². The zero-order chi connectivity index (χ0) is 14.7. The molecule has 0 saturated heterocycles. The fourth-order valence-electron chi connectivity index (χ4n) is 2.56. The van der Waals surface area contributed by atoms with Crippen LogP contribution in [0.2, 0.25) is 0 Å². The number of anilines is 1. The lowest BCUT2D eigenvalue weighted by molar-refractivity contribution is 0.0961. The monoisotopic (exact) mass is 282 g/mol. The third kappa shape index (κ3) is 2.90. The van der Waals surface area contributed by atoms with E-state index in [1.165, 1.54) is 11.1 Å². The highest BCUT2D eigenvalue weighted by Gasteiger charge is 2.20. The van der Waals surface area contributed by atoms with Crippen LogP contribution in [0, 0.1) is 0 Å². The lowest BCUT2D eigenvalue weighted by Crippen LogP contribution is -2.23. The summed E-state index contributed by atoms with van der Waals surface area (Å²) in [5, 5.41) is 6.08. The van der Waals surface area contributed by atoms with Gasteiger partial charge in [0.15, 0.2) is 0 Å². The van der Waals surface area contributed by atoms with E-state index in [1.54, 1.807) is 7.05 Å². The zero-order valence-corrected chi connectivity index (χ0v) is 11.9. The predicted octanol–water partition coefficient (Wildman–Crippen LogP) is 2.73. The molecule has 1 unspecified atom stereocenters. The van der Waals surface area contributed by atoms with Crippen LogP contribution in [0.5, 0.6) is 0 Å². The largest absolute Gasteiger partial charge is 0.376 e. The first-order valence-electron chi connectivity index (χ1n) is 7.02. The summed E-state index contributed by atoms with van der Waals surface area (Å²) in [6.07, 6.45) is 0.